The lowest BCUT2D eigenvalue weighted by Gasteiger charge is -2.18. The highest BCUT2D eigenvalue weighted by Crippen LogP contribution is 2.15. The van der Waals surface area contributed by atoms with Crippen molar-refractivity contribution in [1.29, 1.82) is 0 Å². The molecule has 51 heavy (non-hydrogen) atoms. The van der Waals surface area contributed by atoms with E-state index in [1.54, 1.807) is 0 Å². The Labute approximate surface area is 317 Å². The van der Waals surface area contributed by atoms with Crippen LogP contribution in [-0.4, -0.2) is 37.2 Å². The lowest BCUT2D eigenvalue weighted by atomic mass is 10.0. The fraction of sp³-hybridized carbons (Fsp3) is 0.933. The zero-order chi connectivity index (χ0) is 37.3. The van der Waals surface area contributed by atoms with E-state index in [1.165, 1.54) is 154 Å². The van der Waals surface area contributed by atoms with Crippen LogP contribution < -0.4 is 0 Å². The van der Waals surface area contributed by atoms with Crippen LogP contribution in [0.2, 0.25) is 0 Å². The van der Waals surface area contributed by atoms with Crippen molar-refractivity contribution in [3.63, 3.8) is 0 Å². The minimum atomic E-state index is -0.757. The van der Waals surface area contributed by atoms with Gasteiger partial charge in [0, 0.05) is 19.3 Å². The van der Waals surface area contributed by atoms with E-state index < -0.39 is 6.10 Å². The molecule has 0 heterocycles. The van der Waals surface area contributed by atoms with E-state index in [0.717, 1.165) is 57.8 Å². The molecule has 302 valence electrons. The first-order chi connectivity index (χ1) is 25.0. The maximum Gasteiger partial charge on any atom is 0.306 e. The zero-order valence-corrected chi connectivity index (χ0v) is 34.4. The fourth-order valence-corrected chi connectivity index (χ4v) is 6.68. The highest BCUT2D eigenvalue weighted by Gasteiger charge is 2.19. The van der Waals surface area contributed by atoms with Crippen LogP contribution in [-0.2, 0) is 28.6 Å². The van der Waals surface area contributed by atoms with E-state index in [0.29, 0.717) is 19.3 Å². The molecule has 0 radical (unpaired) electrons. The van der Waals surface area contributed by atoms with Gasteiger partial charge in [-0.15, -0.1) is 0 Å². The predicted molar refractivity (Wildman–Crippen MR) is 215 cm³/mol. The summed E-state index contributed by atoms with van der Waals surface area (Å²) < 4.78 is 16.7. The topological polar surface area (TPSA) is 78.9 Å². The van der Waals surface area contributed by atoms with Gasteiger partial charge in [-0.2, -0.15) is 0 Å². The Balaban J connectivity index is 4.31. The molecule has 0 saturated carbocycles. The highest BCUT2D eigenvalue weighted by atomic mass is 16.6. The molecule has 0 rings (SSSR count). The number of carbonyl (C=O) groups is 3. The molecule has 0 fully saturated rings. The van der Waals surface area contributed by atoms with Crippen molar-refractivity contribution >= 4 is 17.9 Å². The molecule has 0 aromatic carbocycles. The number of hydrogen-bond acceptors (Lipinski definition) is 6. The Kier molecular flexibility index (Phi) is 39.9. The first-order valence-electron chi connectivity index (χ1n) is 22.5. The van der Waals surface area contributed by atoms with Crippen LogP contribution in [0.5, 0.6) is 0 Å². The van der Waals surface area contributed by atoms with E-state index in [1.807, 2.05) is 0 Å². The Morgan fingerprint density at radius 1 is 0.314 bits per heavy atom. The van der Waals surface area contributed by atoms with Crippen molar-refractivity contribution in [2.24, 2.45) is 0 Å². The van der Waals surface area contributed by atoms with Gasteiger partial charge in [-0.1, -0.05) is 213 Å². The van der Waals surface area contributed by atoms with E-state index in [2.05, 4.69) is 20.8 Å². The van der Waals surface area contributed by atoms with Gasteiger partial charge in [-0.3, -0.25) is 14.4 Å². The summed E-state index contributed by atoms with van der Waals surface area (Å²) in [6.07, 6.45) is 40.8. The van der Waals surface area contributed by atoms with Crippen LogP contribution in [0.1, 0.15) is 252 Å². The number of rotatable bonds is 41. The lowest BCUT2D eigenvalue weighted by molar-refractivity contribution is -0.167. The molecule has 6 nitrogen and oxygen atoms in total. The summed E-state index contributed by atoms with van der Waals surface area (Å²) in [6.45, 7) is 6.63. The Morgan fingerprint density at radius 2 is 0.529 bits per heavy atom. The maximum absolute atomic E-state index is 12.7. The van der Waals surface area contributed by atoms with Crippen LogP contribution in [0.3, 0.4) is 0 Å². The highest BCUT2D eigenvalue weighted by molar-refractivity contribution is 5.71. The summed E-state index contributed by atoms with van der Waals surface area (Å²) >= 11 is 0. The smallest absolute Gasteiger partial charge is 0.306 e. The Hall–Kier alpha value is -1.59. The third kappa shape index (κ3) is 39.5. The fourth-order valence-electron chi connectivity index (χ4n) is 6.68. The van der Waals surface area contributed by atoms with Gasteiger partial charge >= 0.3 is 17.9 Å². The summed E-state index contributed by atoms with van der Waals surface area (Å²) in [5, 5.41) is 0. The van der Waals surface area contributed by atoms with Gasteiger partial charge in [0.05, 0.1) is 0 Å². The van der Waals surface area contributed by atoms with Gasteiger partial charge in [0.15, 0.2) is 6.10 Å². The SMILES string of the molecule is CCCCCCCCCCCCCCC(=O)OC[C@H](COC(=O)CCCCCCCCCCC)OC(=O)CCCCCCCCCCCCCC. The monoisotopic (exact) mass is 723 g/mol. The number of unbranched alkanes of at least 4 members (excludes halogenated alkanes) is 30. The minimum Gasteiger partial charge on any atom is -0.462 e. The normalized spacial score (nSPS) is 11.8. The molecule has 0 aliphatic heterocycles. The number of carbonyl (C=O) groups excluding carboxylic acids is 3. The summed E-state index contributed by atoms with van der Waals surface area (Å²) in [5.41, 5.74) is 0. The molecule has 0 N–H and O–H groups in total. The second kappa shape index (κ2) is 41.2. The largest absolute Gasteiger partial charge is 0.462 e. The molecular weight excluding hydrogens is 636 g/mol. The first-order valence-corrected chi connectivity index (χ1v) is 22.5. The molecule has 1 atom stereocenters. The van der Waals surface area contributed by atoms with Gasteiger partial charge in [-0.05, 0) is 19.3 Å². The number of esters is 3. The minimum absolute atomic E-state index is 0.0629. The summed E-state index contributed by atoms with van der Waals surface area (Å²) in [7, 11) is 0. The molecule has 0 aliphatic carbocycles. The predicted octanol–water partition coefficient (Wildman–Crippen LogP) is 14.1. The first kappa shape index (κ1) is 49.4. The van der Waals surface area contributed by atoms with Crippen molar-refractivity contribution < 1.29 is 28.6 Å². The van der Waals surface area contributed by atoms with Crippen LogP contribution in [0.15, 0.2) is 0 Å². The van der Waals surface area contributed by atoms with Gasteiger partial charge in [0.2, 0.25) is 0 Å². The van der Waals surface area contributed by atoms with E-state index in [-0.39, 0.29) is 31.1 Å². The van der Waals surface area contributed by atoms with Crippen LogP contribution in [0.4, 0.5) is 0 Å². The molecular formula is C45H86O6. The molecule has 0 amide bonds. The quantitative estimate of drug-likeness (QED) is 0.0355. The number of hydrogen-bond donors (Lipinski definition) is 0. The molecule has 0 aliphatic rings. The third-order valence-corrected chi connectivity index (χ3v) is 10.1. The number of ether oxygens (including phenoxy) is 3. The summed E-state index contributed by atoms with van der Waals surface area (Å²) in [5.74, 6) is -0.855. The second-order valence-corrected chi connectivity index (χ2v) is 15.3. The van der Waals surface area contributed by atoms with Gasteiger partial charge in [0.1, 0.15) is 13.2 Å². The third-order valence-electron chi connectivity index (χ3n) is 10.1. The summed E-state index contributed by atoms with van der Waals surface area (Å²) in [4.78, 5) is 37.6. The van der Waals surface area contributed by atoms with Crippen molar-refractivity contribution in [2.75, 3.05) is 13.2 Å². The molecule has 6 heteroatoms. The zero-order valence-electron chi connectivity index (χ0n) is 34.4. The van der Waals surface area contributed by atoms with Crippen LogP contribution in [0.25, 0.3) is 0 Å². The van der Waals surface area contributed by atoms with E-state index in [4.69, 9.17) is 14.2 Å². The maximum atomic E-state index is 12.7. The molecule has 0 aromatic heterocycles. The molecule has 0 bridgehead atoms. The molecule has 0 spiro atoms. The van der Waals surface area contributed by atoms with Gasteiger partial charge in [-0.25, -0.2) is 0 Å². The van der Waals surface area contributed by atoms with Gasteiger partial charge < -0.3 is 14.2 Å². The Morgan fingerprint density at radius 3 is 0.784 bits per heavy atom. The standard InChI is InChI=1S/C45H86O6/c1-4-7-10-13-16-19-21-23-26-29-32-35-38-44(47)50-41-42(40-49-43(46)37-34-31-28-25-18-15-12-9-6-3)51-45(48)39-36-33-30-27-24-22-20-17-14-11-8-5-2/h42H,4-41H2,1-3H3/t42-/m0/s1. The van der Waals surface area contributed by atoms with E-state index >= 15 is 0 Å². The molecule has 0 saturated heterocycles. The van der Waals surface area contributed by atoms with Crippen molar-refractivity contribution in [1.82, 2.24) is 0 Å². The molecule has 0 unspecified atom stereocenters. The van der Waals surface area contributed by atoms with E-state index in [9.17, 15) is 14.4 Å². The average molecular weight is 723 g/mol. The average Bonchev–Trinajstić information content (AvgIpc) is 3.12. The van der Waals surface area contributed by atoms with Gasteiger partial charge in [0.25, 0.3) is 0 Å². The molecule has 0 aromatic rings. The second-order valence-electron chi connectivity index (χ2n) is 15.3. The van der Waals surface area contributed by atoms with Crippen molar-refractivity contribution in [3.8, 4) is 0 Å². The Bertz CT molecular complexity index is 753. The summed E-state index contributed by atoms with van der Waals surface area (Å²) in [6, 6.07) is 0. The van der Waals surface area contributed by atoms with Crippen molar-refractivity contribution in [2.45, 2.75) is 258 Å². The van der Waals surface area contributed by atoms with Crippen molar-refractivity contribution in [3.05, 3.63) is 0 Å². The lowest BCUT2D eigenvalue weighted by Crippen LogP contribution is -2.30. The van der Waals surface area contributed by atoms with Crippen LogP contribution in [0, 0.1) is 0 Å². The van der Waals surface area contributed by atoms with Crippen LogP contribution >= 0.6 is 0 Å².